The summed E-state index contributed by atoms with van der Waals surface area (Å²) < 4.78 is 6.34. The summed E-state index contributed by atoms with van der Waals surface area (Å²) in [6.45, 7) is 11.0. The fraction of sp³-hybridized carbons (Fsp3) is 0.588. The third-order valence-electron chi connectivity index (χ3n) is 3.92. The molecular formula is C17H26N2O. The molecule has 1 N–H and O–H groups in total. The van der Waals surface area contributed by atoms with Gasteiger partial charge in [0.25, 0.3) is 0 Å². The van der Waals surface area contributed by atoms with Gasteiger partial charge in [-0.2, -0.15) is 0 Å². The van der Waals surface area contributed by atoms with Gasteiger partial charge in [-0.25, -0.2) is 0 Å². The number of rotatable bonds is 4. The van der Waals surface area contributed by atoms with E-state index < -0.39 is 0 Å². The lowest BCUT2D eigenvalue weighted by atomic mass is 9.96. The number of ether oxygens (including phenoxy) is 1. The first kappa shape index (κ1) is 14.9. The smallest absolute Gasteiger partial charge is 0.132 e. The van der Waals surface area contributed by atoms with E-state index in [1.807, 2.05) is 7.05 Å². The van der Waals surface area contributed by atoms with E-state index in [2.05, 4.69) is 63.1 Å². The van der Waals surface area contributed by atoms with Crippen LogP contribution < -0.4 is 10.1 Å². The maximum atomic E-state index is 6.34. The minimum atomic E-state index is 0.218. The zero-order chi connectivity index (χ0) is 14.9. The molecule has 1 heterocycles. The lowest BCUT2D eigenvalue weighted by molar-refractivity contribution is 0.105. The maximum absolute atomic E-state index is 6.34. The highest BCUT2D eigenvalue weighted by Crippen LogP contribution is 2.34. The normalized spacial score (nSPS) is 19.9. The standard InChI is InChI=1S/C17H26N2O/c1-10(2)16(11(3)4)20-14-9-7-8-13-12(5)19-17(18-6)15(13)14/h7-12,16H,1-6H3,(H,18,19). The molecule has 0 spiro atoms. The Bertz CT molecular complexity index is 498. The second-order valence-electron chi connectivity index (χ2n) is 6.23. The van der Waals surface area contributed by atoms with Crippen molar-refractivity contribution in [2.75, 3.05) is 7.05 Å². The van der Waals surface area contributed by atoms with Crippen LogP contribution in [-0.4, -0.2) is 19.0 Å². The number of aliphatic imine (C=N–C) groups is 1. The van der Waals surface area contributed by atoms with Gasteiger partial charge in [-0.1, -0.05) is 39.8 Å². The Hall–Kier alpha value is -1.51. The zero-order valence-electron chi connectivity index (χ0n) is 13.4. The van der Waals surface area contributed by atoms with Gasteiger partial charge in [0, 0.05) is 7.05 Å². The van der Waals surface area contributed by atoms with E-state index in [0.717, 1.165) is 17.1 Å². The topological polar surface area (TPSA) is 33.6 Å². The number of nitrogens with one attached hydrogen (secondary N) is 1. The molecule has 0 fully saturated rings. The molecule has 0 aliphatic carbocycles. The summed E-state index contributed by atoms with van der Waals surface area (Å²) in [6.07, 6.45) is 0.218. The van der Waals surface area contributed by atoms with Gasteiger partial charge in [-0.3, -0.25) is 4.99 Å². The van der Waals surface area contributed by atoms with Crippen LogP contribution in [0.2, 0.25) is 0 Å². The van der Waals surface area contributed by atoms with Gasteiger partial charge in [-0.15, -0.1) is 0 Å². The van der Waals surface area contributed by atoms with Crippen LogP contribution in [0, 0.1) is 11.8 Å². The fourth-order valence-electron chi connectivity index (χ4n) is 2.98. The van der Waals surface area contributed by atoms with Gasteiger partial charge in [-0.05, 0) is 30.4 Å². The van der Waals surface area contributed by atoms with E-state index in [-0.39, 0.29) is 6.10 Å². The van der Waals surface area contributed by atoms with Crippen molar-refractivity contribution in [3.8, 4) is 5.75 Å². The second kappa shape index (κ2) is 5.86. The van der Waals surface area contributed by atoms with Crippen molar-refractivity contribution in [2.24, 2.45) is 16.8 Å². The van der Waals surface area contributed by atoms with Gasteiger partial charge in [0.05, 0.1) is 11.6 Å². The Morgan fingerprint density at radius 1 is 1.15 bits per heavy atom. The van der Waals surface area contributed by atoms with Crippen LogP contribution in [-0.2, 0) is 0 Å². The van der Waals surface area contributed by atoms with Crippen LogP contribution in [0.4, 0.5) is 0 Å². The Kier molecular flexibility index (Phi) is 4.36. The number of benzene rings is 1. The van der Waals surface area contributed by atoms with Crippen molar-refractivity contribution < 1.29 is 4.74 Å². The van der Waals surface area contributed by atoms with Crippen LogP contribution in [0.5, 0.6) is 5.75 Å². The molecule has 0 amide bonds. The quantitative estimate of drug-likeness (QED) is 0.906. The molecular weight excluding hydrogens is 248 g/mol. The van der Waals surface area contributed by atoms with Crippen molar-refractivity contribution in [1.82, 2.24) is 5.32 Å². The van der Waals surface area contributed by atoms with Gasteiger partial charge in [0.2, 0.25) is 0 Å². The summed E-state index contributed by atoms with van der Waals surface area (Å²) in [4.78, 5) is 4.36. The van der Waals surface area contributed by atoms with Crippen molar-refractivity contribution in [2.45, 2.75) is 46.8 Å². The highest BCUT2D eigenvalue weighted by atomic mass is 16.5. The summed E-state index contributed by atoms with van der Waals surface area (Å²) in [5.41, 5.74) is 2.41. The predicted molar refractivity (Wildman–Crippen MR) is 84.5 cm³/mol. The SMILES string of the molecule is C/N=C1\NC(C)c2cccc(OC(C(C)C)C(C)C)c21. The Morgan fingerprint density at radius 3 is 2.35 bits per heavy atom. The molecule has 1 aliphatic heterocycles. The van der Waals surface area contributed by atoms with Crippen molar-refractivity contribution in [3.05, 3.63) is 29.3 Å². The van der Waals surface area contributed by atoms with Crippen molar-refractivity contribution >= 4 is 5.84 Å². The molecule has 0 bridgehead atoms. The van der Waals surface area contributed by atoms with Crippen LogP contribution in [0.25, 0.3) is 0 Å². The third kappa shape index (κ3) is 2.67. The van der Waals surface area contributed by atoms with E-state index in [0.29, 0.717) is 17.9 Å². The minimum Gasteiger partial charge on any atom is -0.489 e. The lowest BCUT2D eigenvalue weighted by Crippen LogP contribution is -2.29. The highest BCUT2D eigenvalue weighted by Gasteiger charge is 2.29. The van der Waals surface area contributed by atoms with Gasteiger partial charge in [0.15, 0.2) is 0 Å². The fourth-order valence-corrected chi connectivity index (χ4v) is 2.98. The zero-order valence-corrected chi connectivity index (χ0v) is 13.4. The minimum absolute atomic E-state index is 0.218. The molecule has 3 heteroatoms. The van der Waals surface area contributed by atoms with E-state index in [4.69, 9.17) is 4.74 Å². The predicted octanol–water partition coefficient (Wildman–Crippen LogP) is 3.79. The first-order valence-corrected chi connectivity index (χ1v) is 7.49. The van der Waals surface area contributed by atoms with Crippen LogP contribution in [0.3, 0.4) is 0 Å². The monoisotopic (exact) mass is 274 g/mol. The van der Waals surface area contributed by atoms with Gasteiger partial charge < -0.3 is 10.1 Å². The second-order valence-corrected chi connectivity index (χ2v) is 6.23. The summed E-state index contributed by atoms with van der Waals surface area (Å²) >= 11 is 0. The Morgan fingerprint density at radius 2 is 1.80 bits per heavy atom. The summed E-state index contributed by atoms with van der Waals surface area (Å²) in [5.74, 6) is 2.86. The van der Waals surface area contributed by atoms with E-state index in [1.165, 1.54) is 5.56 Å². The van der Waals surface area contributed by atoms with Gasteiger partial charge in [0.1, 0.15) is 17.7 Å². The highest BCUT2D eigenvalue weighted by molar-refractivity contribution is 6.05. The number of nitrogens with zero attached hydrogens (tertiary/aromatic N) is 1. The molecule has 1 aromatic rings. The Labute approximate surface area is 122 Å². The number of amidine groups is 1. The molecule has 1 unspecified atom stereocenters. The molecule has 0 saturated carbocycles. The van der Waals surface area contributed by atoms with E-state index in [9.17, 15) is 0 Å². The van der Waals surface area contributed by atoms with Crippen molar-refractivity contribution in [3.63, 3.8) is 0 Å². The number of hydrogen-bond acceptors (Lipinski definition) is 2. The van der Waals surface area contributed by atoms with Crippen molar-refractivity contribution in [1.29, 1.82) is 0 Å². The molecule has 20 heavy (non-hydrogen) atoms. The molecule has 0 radical (unpaired) electrons. The molecule has 1 aromatic carbocycles. The largest absolute Gasteiger partial charge is 0.489 e. The summed E-state index contributed by atoms with van der Waals surface area (Å²) in [5, 5.41) is 3.41. The molecule has 1 atom stereocenters. The first-order valence-electron chi connectivity index (χ1n) is 7.49. The maximum Gasteiger partial charge on any atom is 0.132 e. The summed E-state index contributed by atoms with van der Waals surface area (Å²) in [6, 6.07) is 6.57. The molecule has 2 rings (SSSR count). The van der Waals surface area contributed by atoms with Crippen LogP contribution in [0.1, 0.15) is 51.8 Å². The summed E-state index contributed by atoms with van der Waals surface area (Å²) in [7, 11) is 1.82. The number of fused-ring (bicyclic) bond motifs is 1. The van der Waals surface area contributed by atoms with E-state index >= 15 is 0 Å². The third-order valence-corrected chi connectivity index (χ3v) is 3.92. The molecule has 0 saturated heterocycles. The molecule has 1 aliphatic rings. The average molecular weight is 274 g/mol. The molecule has 0 aromatic heterocycles. The average Bonchev–Trinajstić information content (AvgIpc) is 2.73. The van der Waals surface area contributed by atoms with Crippen LogP contribution >= 0.6 is 0 Å². The lowest BCUT2D eigenvalue weighted by Gasteiger charge is -2.27. The Balaban J connectivity index is 2.39. The van der Waals surface area contributed by atoms with E-state index in [1.54, 1.807) is 0 Å². The van der Waals surface area contributed by atoms with Crippen LogP contribution in [0.15, 0.2) is 23.2 Å². The molecule has 3 nitrogen and oxygen atoms in total. The number of hydrogen-bond donors (Lipinski definition) is 1. The molecule has 110 valence electrons. The van der Waals surface area contributed by atoms with Gasteiger partial charge >= 0.3 is 0 Å². The first-order chi connectivity index (χ1) is 9.45.